The molecule has 1 heterocycles. The number of hydrogen-bond acceptors (Lipinski definition) is 4. The highest BCUT2D eigenvalue weighted by Crippen LogP contribution is 2.26. The summed E-state index contributed by atoms with van der Waals surface area (Å²) >= 11 is 0. The molecule has 0 aliphatic carbocycles. The van der Waals surface area contributed by atoms with Crippen LogP contribution in [0.5, 0.6) is 11.5 Å². The molecule has 1 aliphatic rings. The van der Waals surface area contributed by atoms with E-state index in [2.05, 4.69) is 17.1 Å². The van der Waals surface area contributed by atoms with Crippen LogP contribution in [0.4, 0.5) is 4.79 Å². The van der Waals surface area contributed by atoms with Crippen molar-refractivity contribution in [2.45, 2.75) is 19.4 Å². The van der Waals surface area contributed by atoms with Gasteiger partial charge in [0.1, 0.15) is 11.5 Å². The molecule has 2 aromatic rings. The Hall–Kier alpha value is -3.06. The summed E-state index contributed by atoms with van der Waals surface area (Å²) in [4.78, 5) is 28.5. The number of urea groups is 1. The van der Waals surface area contributed by atoms with Crippen LogP contribution in [0.1, 0.15) is 24.9 Å². The van der Waals surface area contributed by atoms with Gasteiger partial charge in [-0.1, -0.05) is 37.3 Å². The molecule has 7 heteroatoms. The van der Waals surface area contributed by atoms with Gasteiger partial charge in [-0.3, -0.25) is 4.79 Å². The van der Waals surface area contributed by atoms with E-state index in [-0.39, 0.29) is 12.3 Å². The van der Waals surface area contributed by atoms with E-state index < -0.39 is 12.1 Å². The largest absolute Gasteiger partial charge is 0.457 e. The molecule has 0 spiro atoms. The number of hydrogen-bond donors (Lipinski definition) is 2. The van der Waals surface area contributed by atoms with Crippen molar-refractivity contribution in [2.75, 3.05) is 32.7 Å². The Balaban J connectivity index is 1.70. The van der Waals surface area contributed by atoms with Crippen LogP contribution in [0.15, 0.2) is 54.6 Å². The van der Waals surface area contributed by atoms with E-state index in [0.29, 0.717) is 24.6 Å². The van der Waals surface area contributed by atoms with Gasteiger partial charge in [0.15, 0.2) is 0 Å². The first-order valence-corrected chi connectivity index (χ1v) is 9.94. The van der Waals surface area contributed by atoms with E-state index in [4.69, 9.17) is 10.5 Å². The second-order valence-electron chi connectivity index (χ2n) is 7.07. The van der Waals surface area contributed by atoms with Gasteiger partial charge >= 0.3 is 6.03 Å². The van der Waals surface area contributed by atoms with Crippen LogP contribution in [0.3, 0.4) is 0 Å². The summed E-state index contributed by atoms with van der Waals surface area (Å²) in [5.74, 6) is 1.36. The van der Waals surface area contributed by atoms with E-state index in [9.17, 15) is 9.59 Å². The molecule has 3 rings (SSSR count). The highest BCUT2D eigenvalue weighted by atomic mass is 16.5. The first-order chi connectivity index (χ1) is 14.0. The first-order valence-electron chi connectivity index (χ1n) is 9.94. The van der Waals surface area contributed by atoms with Gasteiger partial charge in [0.05, 0.1) is 12.5 Å². The Bertz CT molecular complexity index is 820. The Kier molecular flexibility index (Phi) is 7.08. The van der Waals surface area contributed by atoms with Crippen molar-refractivity contribution in [3.8, 4) is 11.5 Å². The van der Waals surface area contributed by atoms with Crippen molar-refractivity contribution in [3.63, 3.8) is 0 Å². The number of rotatable bonds is 7. The number of nitrogens with zero attached hydrogens (tertiary/aromatic N) is 2. The van der Waals surface area contributed by atoms with Gasteiger partial charge < -0.3 is 25.6 Å². The maximum absolute atomic E-state index is 12.8. The zero-order chi connectivity index (χ0) is 20.6. The number of primary amides is 1. The van der Waals surface area contributed by atoms with Crippen LogP contribution in [0.25, 0.3) is 0 Å². The molecule has 1 unspecified atom stereocenters. The molecule has 1 aliphatic heterocycles. The van der Waals surface area contributed by atoms with Gasteiger partial charge in [-0.15, -0.1) is 0 Å². The molecule has 1 fully saturated rings. The molecule has 1 atom stereocenters. The molecule has 0 saturated carbocycles. The zero-order valence-electron chi connectivity index (χ0n) is 16.7. The maximum Gasteiger partial charge on any atom is 0.312 e. The fraction of sp³-hybridized carbons (Fsp3) is 0.364. The second kappa shape index (κ2) is 9.93. The number of ether oxygens (including phenoxy) is 1. The molecule has 7 nitrogen and oxygen atoms in total. The molecule has 2 aromatic carbocycles. The minimum absolute atomic E-state index is 0.00823. The number of amides is 3. The molecule has 0 radical (unpaired) electrons. The van der Waals surface area contributed by atoms with Crippen LogP contribution in [-0.4, -0.2) is 54.5 Å². The van der Waals surface area contributed by atoms with Crippen molar-refractivity contribution in [1.29, 1.82) is 0 Å². The summed E-state index contributed by atoms with van der Waals surface area (Å²) in [7, 11) is 0. The number of para-hydroxylation sites is 1. The van der Waals surface area contributed by atoms with E-state index in [1.54, 1.807) is 0 Å². The molecule has 1 saturated heterocycles. The lowest BCUT2D eigenvalue weighted by molar-refractivity contribution is -0.133. The number of nitrogens with two attached hydrogens (primary N) is 1. The van der Waals surface area contributed by atoms with E-state index in [1.165, 1.54) is 0 Å². The van der Waals surface area contributed by atoms with Crippen molar-refractivity contribution in [2.24, 2.45) is 5.73 Å². The van der Waals surface area contributed by atoms with Gasteiger partial charge in [-0.05, 0) is 36.4 Å². The van der Waals surface area contributed by atoms with Crippen LogP contribution in [-0.2, 0) is 4.79 Å². The topological polar surface area (TPSA) is 87.9 Å². The SMILES string of the molecule is CCN1CCN(C(=O)CC(NC(N)=O)c2cccc(Oc3ccccc3)c2)CC1. The first kappa shape index (κ1) is 20.7. The van der Waals surface area contributed by atoms with Gasteiger partial charge in [0, 0.05) is 26.2 Å². The number of likely N-dealkylation sites (N-methyl/N-ethyl adjacent to an activating group) is 1. The van der Waals surface area contributed by atoms with Gasteiger partial charge in [-0.25, -0.2) is 4.79 Å². The Morgan fingerprint density at radius 3 is 2.38 bits per heavy atom. The highest BCUT2D eigenvalue weighted by molar-refractivity contribution is 5.79. The molecule has 0 aromatic heterocycles. The van der Waals surface area contributed by atoms with Gasteiger partial charge in [0.2, 0.25) is 5.91 Å². The van der Waals surface area contributed by atoms with Crippen LogP contribution >= 0.6 is 0 Å². The maximum atomic E-state index is 12.8. The average Bonchev–Trinajstić information content (AvgIpc) is 2.74. The molecule has 3 N–H and O–H groups in total. The number of carbonyl (C=O) groups excluding carboxylic acids is 2. The predicted molar refractivity (Wildman–Crippen MR) is 112 cm³/mol. The van der Waals surface area contributed by atoms with E-state index in [1.807, 2.05) is 59.5 Å². The molecule has 3 amide bonds. The Morgan fingerprint density at radius 2 is 1.72 bits per heavy atom. The van der Waals surface area contributed by atoms with Crippen molar-refractivity contribution in [1.82, 2.24) is 15.1 Å². The average molecular weight is 396 g/mol. The Morgan fingerprint density at radius 1 is 1.03 bits per heavy atom. The summed E-state index contributed by atoms with van der Waals surface area (Å²) in [6.07, 6.45) is 0.157. The Labute approximate surface area is 171 Å². The number of benzene rings is 2. The summed E-state index contributed by atoms with van der Waals surface area (Å²) in [6.45, 7) is 6.25. The lowest BCUT2D eigenvalue weighted by Gasteiger charge is -2.34. The van der Waals surface area contributed by atoms with Crippen molar-refractivity contribution >= 4 is 11.9 Å². The van der Waals surface area contributed by atoms with E-state index in [0.717, 1.165) is 25.2 Å². The zero-order valence-corrected chi connectivity index (χ0v) is 16.7. The lowest BCUT2D eigenvalue weighted by atomic mass is 10.0. The van der Waals surface area contributed by atoms with Crippen LogP contribution in [0, 0.1) is 0 Å². The molecule has 29 heavy (non-hydrogen) atoms. The fourth-order valence-electron chi connectivity index (χ4n) is 3.46. The monoisotopic (exact) mass is 396 g/mol. The van der Waals surface area contributed by atoms with Gasteiger partial charge in [0.25, 0.3) is 0 Å². The molecule has 154 valence electrons. The molecule has 0 bridgehead atoms. The number of piperazine rings is 1. The smallest absolute Gasteiger partial charge is 0.312 e. The summed E-state index contributed by atoms with van der Waals surface area (Å²) in [5, 5.41) is 2.70. The highest BCUT2D eigenvalue weighted by Gasteiger charge is 2.24. The third kappa shape index (κ3) is 5.96. The third-order valence-electron chi connectivity index (χ3n) is 5.11. The van der Waals surface area contributed by atoms with Crippen LogP contribution in [0.2, 0.25) is 0 Å². The molecular formula is C22H28N4O3. The van der Waals surface area contributed by atoms with Gasteiger partial charge in [-0.2, -0.15) is 0 Å². The minimum Gasteiger partial charge on any atom is -0.457 e. The quantitative estimate of drug-likeness (QED) is 0.753. The van der Waals surface area contributed by atoms with Crippen molar-refractivity contribution in [3.05, 3.63) is 60.2 Å². The lowest BCUT2D eigenvalue weighted by Crippen LogP contribution is -2.49. The number of nitrogens with one attached hydrogen (secondary N) is 1. The fourth-order valence-corrected chi connectivity index (χ4v) is 3.46. The third-order valence-corrected chi connectivity index (χ3v) is 5.11. The standard InChI is InChI=1S/C22H28N4O3/c1-2-25-11-13-26(14-12-25)21(27)16-20(24-22(23)28)17-7-6-10-19(15-17)29-18-8-4-3-5-9-18/h3-10,15,20H,2,11-14,16H2,1H3,(H3,23,24,28). The molecular weight excluding hydrogens is 368 g/mol. The minimum atomic E-state index is -0.659. The summed E-state index contributed by atoms with van der Waals surface area (Å²) < 4.78 is 5.87. The van der Waals surface area contributed by atoms with Crippen LogP contribution < -0.4 is 15.8 Å². The summed E-state index contributed by atoms with van der Waals surface area (Å²) in [6, 6.07) is 15.6. The summed E-state index contributed by atoms with van der Waals surface area (Å²) in [5.41, 5.74) is 6.15. The normalized spacial score (nSPS) is 15.6. The van der Waals surface area contributed by atoms with Crippen molar-refractivity contribution < 1.29 is 14.3 Å². The predicted octanol–water partition coefficient (Wildman–Crippen LogP) is 2.74. The van der Waals surface area contributed by atoms with E-state index >= 15 is 0 Å². The number of carbonyl (C=O) groups is 2. The second-order valence-corrected chi connectivity index (χ2v) is 7.07.